The summed E-state index contributed by atoms with van der Waals surface area (Å²) in [5.74, 6) is -1.93. The molecule has 190 valence electrons. The molecule has 35 heavy (non-hydrogen) atoms. The number of ether oxygens (including phenoxy) is 1. The Bertz CT molecular complexity index is 1070. The number of halogens is 2. The van der Waals surface area contributed by atoms with Gasteiger partial charge in [0.1, 0.15) is 11.8 Å². The summed E-state index contributed by atoms with van der Waals surface area (Å²) in [5, 5.41) is 11.8. The third-order valence-corrected chi connectivity index (χ3v) is 6.78. The molecule has 4 rings (SSSR count). The second kappa shape index (κ2) is 8.97. The second-order valence-electron chi connectivity index (χ2n) is 10.1. The third kappa shape index (κ3) is 4.73. The Morgan fingerprint density at radius 2 is 1.91 bits per heavy atom. The van der Waals surface area contributed by atoms with E-state index < -0.39 is 36.5 Å². The van der Waals surface area contributed by atoms with Crippen LogP contribution in [0.2, 0.25) is 0 Å². The van der Waals surface area contributed by atoms with Gasteiger partial charge < -0.3 is 24.5 Å². The summed E-state index contributed by atoms with van der Waals surface area (Å²) in [6, 6.07) is 1.82. The molecule has 1 aromatic carbocycles. The van der Waals surface area contributed by atoms with Gasteiger partial charge in [-0.1, -0.05) is 20.8 Å². The van der Waals surface area contributed by atoms with Crippen LogP contribution in [-0.4, -0.2) is 77.1 Å². The maximum absolute atomic E-state index is 13.3. The number of carboxylic acid groups (broad SMARTS) is 1. The van der Waals surface area contributed by atoms with Gasteiger partial charge in [0, 0.05) is 44.4 Å². The Balaban J connectivity index is 1.67. The number of amides is 4. The Hall–Kier alpha value is -3.44. The highest BCUT2D eigenvalue weighted by molar-refractivity contribution is 6.06. The van der Waals surface area contributed by atoms with Crippen molar-refractivity contribution in [1.29, 1.82) is 0 Å². The van der Waals surface area contributed by atoms with Crippen LogP contribution in [-0.2, 0) is 16.1 Å². The molecule has 0 aromatic heterocycles. The van der Waals surface area contributed by atoms with Crippen molar-refractivity contribution in [3.63, 3.8) is 0 Å². The average molecular weight is 494 g/mol. The maximum Gasteiger partial charge on any atom is 0.407 e. The molecule has 10 nitrogen and oxygen atoms in total. The van der Waals surface area contributed by atoms with Gasteiger partial charge in [-0.2, -0.15) is 8.78 Å². The van der Waals surface area contributed by atoms with Crippen molar-refractivity contribution in [3.8, 4) is 5.75 Å². The first-order valence-electron chi connectivity index (χ1n) is 11.4. The van der Waals surface area contributed by atoms with Crippen LogP contribution in [0, 0.1) is 5.41 Å². The van der Waals surface area contributed by atoms with Gasteiger partial charge in [0.15, 0.2) is 0 Å². The van der Waals surface area contributed by atoms with Crippen molar-refractivity contribution in [1.82, 2.24) is 15.1 Å². The van der Waals surface area contributed by atoms with E-state index in [4.69, 9.17) is 4.74 Å². The van der Waals surface area contributed by atoms with E-state index in [1.165, 1.54) is 15.9 Å². The van der Waals surface area contributed by atoms with E-state index in [0.29, 0.717) is 24.3 Å². The van der Waals surface area contributed by atoms with E-state index in [0.717, 1.165) is 0 Å². The topological polar surface area (TPSA) is 119 Å². The first-order chi connectivity index (χ1) is 16.4. The fraction of sp³-hybridized carbons (Fsp3) is 0.565. The van der Waals surface area contributed by atoms with Crippen molar-refractivity contribution >= 4 is 29.5 Å². The molecule has 3 heterocycles. The molecule has 0 aliphatic carbocycles. The van der Waals surface area contributed by atoms with E-state index in [1.807, 2.05) is 25.7 Å². The molecule has 1 aromatic rings. The molecule has 2 unspecified atom stereocenters. The number of nitrogens with one attached hydrogen (secondary N) is 1. The fourth-order valence-corrected chi connectivity index (χ4v) is 5.01. The van der Waals surface area contributed by atoms with Gasteiger partial charge in [0.25, 0.3) is 5.91 Å². The predicted molar refractivity (Wildman–Crippen MR) is 119 cm³/mol. The van der Waals surface area contributed by atoms with Crippen LogP contribution in [0.15, 0.2) is 12.1 Å². The van der Waals surface area contributed by atoms with Gasteiger partial charge in [-0.25, -0.2) is 4.79 Å². The number of fused-ring (bicyclic) bond motifs is 1. The minimum absolute atomic E-state index is 0.00563. The number of imide groups is 1. The smallest absolute Gasteiger partial charge is 0.407 e. The van der Waals surface area contributed by atoms with Crippen LogP contribution in [0.1, 0.15) is 49.5 Å². The van der Waals surface area contributed by atoms with Gasteiger partial charge in [-0.15, -0.1) is 0 Å². The molecule has 0 radical (unpaired) electrons. The largest absolute Gasteiger partial charge is 0.465 e. The number of alkyl halides is 2. The molecule has 2 atom stereocenters. The Labute approximate surface area is 200 Å². The molecule has 4 amide bonds. The molecule has 2 saturated heterocycles. The molecule has 0 spiro atoms. The fourth-order valence-electron chi connectivity index (χ4n) is 5.01. The van der Waals surface area contributed by atoms with Crippen LogP contribution < -0.4 is 15.0 Å². The molecule has 0 bridgehead atoms. The van der Waals surface area contributed by atoms with E-state index in [9.17, 15) is 33.1 Å². The zero-order valence-corrected chi connectivity index (χ0v) is 19.7. The lowest BCUT2D eigenvalue weighted by Gasteiger charge is -2.46. The van der Waals surface area contributed by atoms with Crippen LogP contribution in [0.5, 0.6) is 5.75 Å². The summed E-state index contributed by atoms with van der Waals surface area (Å²) in [7, 11) is 0. The van der Waals surface area contributed by atoms with E-state index >= 15 is 0 Å². The number of hydrogen-bond acceptors (Lipinski definition) is 6. The summed E-state index contributed by atoms with van der Waals surface area (Å²) in [5.41, 5.74) is 0.543. The molecule has 3 aliphatic rings. The van der Waals surface area contributed by atoms with Crippen molar-refractivity contribution in [2.24, 2.45) is 5.41 Å². The highest BCUT2D eigenvalue weighted by Gasteiger charge is 2.42. The molecule has 12 heteroatoms. The summed E-state index contributed by atoms with van der Waals surface area (Å²) >= 11 is 0. The van der Waals surface area contributed by atoms with Crippen molar-refractivity contribution in [3.05, 3.63) is 23.3 Å². The summed E-state index contributed by atoms with van der Waals surface area (Å²) in [6.45, 7) is 3.51. The SMILES string of the molecule is CC(C)(C)C1CN(c2cc3c(c(OC(F)F)c2)C(=O)N(C2CCC(=O)NC2=O)C3)CCN1C(=O)O. The van der Waals surface area contributed by atoms with E-state index in [1.54, 1.807) is 6.07 Å². The van der Waals surface area contributed by atoms with Crippen LogP contribution >= 0.6 is 0 Å². The number of carbonyl (C=O) groups excluding carboxylic acids is 3. The predicted octanol–water partition coefficient (Wildman–Crippen LogP) is 2.26. The monoisotopic (exact) mass is 494 g/mol. The van der Waals surface area contributed by atoms with Gasteiger partial charge in [-0.3, -0.25) is 19.7 Å². The zero-order chi connectivity index (χ0) is 25.7. The summed E-state index contributed by atoms with van der Waals surface area (Å²) < 4.78 is 31.3. The average Bonchev–Trinajstić information content (AvgIpc) is 3.08. The number of benzene rings is 1. The van der Waals surface area contributed by atoms with Crippen LogP contribution in [0.3, 0.4) is 0 Å². The lowest BCUT2D eigenvalue weighted by molar-refractivity contribution is -0.136. The Morgan fingerprint density at radius 1 is 1.20 bits per heavy atom. The quantitative estimate of drug-likeness (QED) is 0.617. The minimum Gasteiger partial charge on any atom is -0.465 e. The van der Waals surface area contributed by atoms with Gasteiger partial charge in [0.2, 0.25) is 11.8 Å². The molecule has 2 N–H and O–H groups in total. The first kappa shape index (κ1) is 24.7. The Morgan fingerprint density at radius 3 is 2.51 bits per heavy atom. The second-order valence-corrected chi connectivity index (χ2v) is 10.1. The number of rotatable bonds is 4. The lowest BCUT2D eigenvalue weighted by Crippen LogP contribution is -2.59. The number of nitrogens with zero attached hydrogens (tertiary/aromatic N) is 3. The van der Waals surface area contributed by atoms with Gasteiger partial charge in [0.05, 0.1) is 11.6 Å². The van der Waals surface area contributed by atoms with Crippen molar-refractivity contribution in [2.45, 2.75) is 58.9 Å². The Kier molecular flexibility index (Phi) is 6.32. The maximum atomic E-state index is 13.3. The first-order valence-corrected chi connectivity index (χ1v) is 11.4. The van der Waals surface area contributed by atoms with Crippen LogP contribution in [0.4, 0.5) is 19.3 Å². The van der Waals surface area contributed by atoms with Crippen LogP contribution in [0.25, 0.3) is 0 Å². The highest BCUT2D eigenvalue weighted by atomic mass is 19.3. The number of anilines is 1. The zero-order valence-electron chi connectivity index (χ0n) is 19.7. The number of hydrogen-bond donors (Lipinski definition) is 2. The van der Waals surface area contributed by atoms with Gasteiger partial charge >= 0.3 is 12.7 Å². The van der Waals surface area contributed by atoms with Crippen molar-refractivity contribution < 1.29 is 37.8 Å². The van der Waals surface area contributed by atoms with Crippen molar-refractivity contribution in [2.75, 3.05) is 24.5 Å². The van der Waals surface area contributed by atoms with E-state index in [2.05, 4.69) is 5.32 Å². The highest BCUT2D eigenvalue weighted by Crippen LogP contribution is 2.39. The van der Waals surface area contributed by atoms with Gasteiger partial charge in [-0.05, 0) is 23.5 Å². The molecule has 0 saturated carbocycles. The lowest BCUT2D eigenvalue weighted by atomic mass is 9.84. The molecule has 3 aliphatic heterocycles. The number of piperidine rings is 1. The summed E-state index contributed by atoms with van der Waals surface area (Å²) in [4.78, 5) is 53.3. The molecule has 2 fully saturated rings. The minimum atomic E-state index is -3.17. The number of carbonyl (C=O) groups is 4. The summed E-state index contributed by atoms with van der Waals surface area (Å²) in [6.07, 6.45) is -0.803. The third-order valence-electron chi connectivity index (χ3n) is 6.78. The molecular formula is C23H28F2N4O6. The normalized spacial score (nSPS) is 23.0. The number of piperazine rings is 1. The standard InChI is InChI=1S/C23H28F2N4O6/c1-23(2,3)16-11-27(6-7-28(16)22(33)34)13-8-12-10-29(14-4-5-17(30)26-19(14)31)20(32)18(12)15(9-13)35-21(24)25/h8-9,14,16,21H,4-7,10-11H2,1-3H3,(H,33,34)(H,26,30,31). The van der Waals surface area contributed by atoms with E-state index in [-0.39, 0.29) is 48.7 Å². The molecular weight excluding hydrogens is 466 g/mol.